The first-order valence-electron chi connectivity index (χ1n) is 6.37. The number of aromatic nitrogens is 1. The Labute approximate surface area is 114 Å². The van der Waals surface area contributed by atoms with Crippen LogP contribution < -0.4 is 4.90 Å². The number of hydrogen-bond donors (Lipinski definition) is 0. The van der Waals surface area contributed by atoms with Crippen LogP contribution in [0.5, 0.6) is 0 Å². The van der Waals surface area contributed by atoms with Gasteiger partial charge < -0.3 is 4.90 Å². The molecule has 1 heterocycles. The summed E-state index contributed by atoms with van der Waals surface area (Å²) in [7, 11) is 0. The fourth-order valence-corrected chi connectivity index (χ4v) is 1.93. The Morgan fingerprint density at radius 1 is 1.16 bits per heavy atom. The van der Waals surface area contributed by atoms with Crippen LogP contribution in [-0.4, -0.2) is 11.0 Å². The van der Waals surface area contributed by atoms with Crippen molar-refractivity contribution in [1.29, 1.82) is 5.26 Å². The number of nitrogens with zero attached hydrogens (tertiary/aromatic N) is 3. The average molecular weight is 251 g/mol. The zero-order valence-corrected chi connectivity index (χ0v) is 11.2. The molecule has 96 valence electrons. The van der Waals surface area contributed by atoms with Gasteiger partial charge in [-0.3, -0.25) is 0 Å². The van der Waals surface area contributed by atoms with Crippen LogP contribution in [0.4, 0.5) is 5.82 Å². The zero-order valence-electron chi connectivity index (χ0n) is 11.2. The van der Waals surface area contributed by atoms with Crippen molar-refractivity contribution in [2.75, 3.05) is 4.90 Å². The molecule has 1 aromatic carbocycles. The summed E-state index contributed by atoms with van der Waals surface area (Å²) in [5.41, 5.74) is 1.84. The predicted octanol–water partition coefficient (Wildman–Crippen LogP) is 3.37. The van der Waals surface area contributed by atoms with Crippen LogP contribution in [0.25, 0.3) is 0 Å². The Morgan fingerprint density at radius 3 is 2.42 bits per heavy atom. The van der Waals surface area contributed by atoms with Crippen LogP contribution in [0.2, 0.25) is 0 Å². The van der Waals surface area contributed by atoms with E-state index in [1.165, 1.54) is 5.56 Å². The molecule has 19 heavy (non-hydrogen) atoms. The Kier molecular flexibility index (Phi) is 4.15. The van der Waals surface area contributed by atoms with Crippen molar-refractivity contribution in [2.45, 2.75) is 26.4 Å². The third-order valence-electron chi connectivity index (χ3n) is 2.99. The average Bonchev–Trinajstić information content (AvgIpc) is 2.46. The summed E-state index contributed by atoms with van der Waals surface area (Å²) >= 11 is 0. The second-order valence-corrected chi connectivity index (χ2v) is 4.72. The highest BCUT2D eigenvalue weighted by Gasteiger charge is 2.12. The molecule has 0 aliphatic carbocycles. The van der Waals surface area contributed by atoms with Crippen molar-refractivity contribution in [3.8, 4) is 6.07 Å². The summed E-state index contributed by atoms with van der Waals surface area (Å²) in [6, 6.07) is 16.5. The Morgan fingerprint density at radius 2 is 1.89 bits per heavy atom. The fourth-order valence-electron chi connectivity index (χ4n) is 1.93. The Hall–Kier alpha value is -2.34. The van der Waals surface area contributed by atoms with Crippen molar-refractivity contribution in [3.63, 3.8) is 0 Å². The van der Waals surface area contributed by atoms with Gasteiger partial charge in [-0.25, -0.2) is 4.98 Å². The number of anilines is 1. The second-order valence-electron chi connectivity index (χ2n) is 4.72. The molecule has 0 aliphatic rings. The van der Waals surface area contributed by atoms with Crippen molar-refractivity contribution in [1.82, 2.24) is 4.98 Å². The maximum Gasteiger partial charge on any atom is 0.129 e. The van der Waals surface area contributed by atoms with Crippen LogP contribution in [0.15, 0.2) is 48.7 Å². The van der Waals surface area contributed by atoms with Crippen LogP contribution in [-0.2, 0) is 6.54 Å². The van der Waals surface area contributed by atoms with Gasteiger partial charge in [0.05, 0.1) is 5.56 Å². The van der Waals surface area contributed by atoms with Crippen LogP contribution in [0.1, 0.15) is 25.0 Å². The molecule has 1 aromatic heterocycles. The van der Waals surface area contributed by atoms with Crippen molar-refractivity contribution in [2.24, 2.45) is 0 Å². The summed E-state index contributed by atoms with van der Waals surface area (Å²) in [4.78, 5) is 6.59. The summed E-state index contributed by atoms with van der Waals surface area (Å²) in [6.07, 6.45) is 1.62. The number of pyridine rings is 1. The van der Waals surface area contributed by atoms with Gasteiger partial charge in [-0.2, -0.15) is 5.26 Å². The SMILES string of the molecule is CC(C)N(Cc1ccccc1)c1ccc(C#N)cn1. The maximum atomic E-state index is 8.81. The molecule has 0 saturated heterocycles. The van der Waals surface area contributed by atoms with Gasteiger partial charge in [-0.05, 0) is 31.5 Å². The lowest BCUT2D eigenvalue weighted by Gasteiger charge is -2.28. The van der Waals surface area contributed by atoms with E-state index < -0.39 is 0 Å². The molecule has 2 aromatic rings. The normalized spacial score (nSPS) is 10.2. The van der Waals surface area contributed by atoms with Gasteiger partial charge in [-0.15, -0.1) is 0 Å². The first kappa shape index (κ1) is 13.1. The quantitative estimate of drug-likeness (QED) is 0.836. The van der Waals surface area contributed by atoms with E-state index in [1.54, 1.807) is 6.20 Å². The monoisotopic (exact) mass is 251 g/mol. The minimum atomic E-state index is 0.348. The van der Waals surface area contributed by atoms with E-state index in [0.29, 0.717) is 11.6 Å². The molecule has 0 atom stereocenters. The summed E-state index contributed by atoms with van der Waals surface area (Å²) in [5.74, 6) is 0.901. The number of rotatable bonds is 4. The molecule has 0 fully saturated rings. The molecule has 0 saturated carbocycles. The van der Waals surface area contributed by atoms with E-state index >= 15 is 0 Å². The molecule has 0 spiro atoms. The smallest absolute Gasteiger partial charge is 0.129 e. The highest BCUT2D eigenvalue weighted by molar-refractivity contribution is 5.43. The van der Waals surface area contributed by atoms with Gasteiger partial charge in [0.1, 0.15) is 11.9 Å². The second kappa shape index (κ2) is 6.01. The highest BCUT2D eigenvalue weighted by atomic mass is 15.2. The molecule has 3 heteroatoms. The third-order valence-corrected chi connectivity index (χ3v) is 2.99. The molecular formula is C16H17N3. The van der Waals surface area contributed by atoms with E-state index in [9.17, 15) is 0 Å². The molecule has 3 nitrogen and oxygen atoms in total. The minimum Gasteiger partial charge on any atom is -0.350 e. The van der Waals surface area contributed by atoms with E-state index in [-0.39, 0.29) is 0 Å². The van der Waals surface area contributed by atoms with Crippen molar-refractivity contribution < 1.29 is 0 Å². The lowest BCUT2D eigenvalue weighted by atomic mass is 10.2. The van der Waals surface area contributed by atoms with E-state index in [2.05, 4.69) is 41.9 Å². The predicted molar refractivity (Wildman–Crippen MR) is 76.7 cm³/mol. The van der Waals surface area contributed by atoms with Gasteiger partial charge in [0.15, 0.2) is 0 Å². The lowest BCUT2D eigenvalue weighted by Crippen LogP contribution is -2.30. The van der Waals surface area contributed by atoms with Crippen molar-refractivity contribution in [3.05, 3.63) is 59.8 Å². The van der Waals surface area contributed by atoms with Crippen LogP contribution in [0.3, 0.4) is 0 Å². The standard InChI is InChI=1S/C16H17N3/c1-13(2)19(12-14-6-4-3-5-7-14)16-9-8-15(10-17)11-18-16/h3-9,11,13H,12H2,1-2H3. The van der Waals surface area contributed by atoms with E-state index in [4.69, 9.17) is 5.26 Å². The van der Waals surface area contributed by atoms with Gasteiger partial charge in [0, 0.05) is 18.8 Å². The highest BCUT2D eigenvalue weighted by Crippen LogP contribution is 2.17. The minimum absolute atomic E-state index is 0.348. The Balaban J connectivity index is 2.22. The third kappa shape index (κ3) is 3.32. The number of hydrogen-bond acceptors (Lipinski definition) is 3. The molecule has 0 unspecified atom stereocenters. The number of nitriles is 1. The first-order chi connectivity index (χ1) is 9.20. The molecule has 0 amide bonds. The summed E-state index contributed by atoms with van der Waals surface area (Å²) < 4.78 is 0. The van der Waals surface area contributed by atoms with E-state index in [1.807, 2.05) is 30.3 Å². The van der Waals surface area contributed by atoms with Crippen molar-refractivity contribution >= 4 is 5.82 Å². The molecule has 0 N–H and O–H groups in total. The van der Waals surface area contributed by atoms with E-state index in [0.717, 1.165) is 12.4 Å². The lowest BCUT2D eigenvalue weighted by molar-refractivity contribution is 0.672. The molecule has 0 radical (unpaired) electrons. The summed E-state index contributed by atoms with van der Waals surface area (Å²) in [6.45, 7) is 5.10. The maximum absolute atomic E-state index is 8.81. The Bertz CT molecular complexity index is 553. The summed E-state index contributed by atoms with van der Waals surface area (Å²) in [5, 5.41) is 8.81. The molecule has 2 rings (SSSR count). The topological polar surface area (TPSA) is 39.9 Å². The van der Waals surface area contributed by atoms with Gasteiger partial charge in [0.2, 0.25) is 0 Å². The van der Waals surface area contributed by atoms with Crippen LogP contribution in [0, 0.1) is 11.3 Å². The van der Waals surface area contributed by atoms with Gasteiger partial charge >= 0.3 is 0 Å². The van der Waals surface area contributed by atoms with Gasteiger partial charge in [-0.1, -0.05) is 30.3 Å². The zero-order chi connectivity index (χ0) is 13.7. The fraction of sp³-hybridized carbons (Fsp3) is 0.250. The number of benzene rings is 1. The largest absolute Gasteiger partial charge is 0.350 e. The van der Waals surface area contributed by atoms with Gasteiger partial charge in [0.25, 0.3) is 0 Å². The molecular weight excluding hydrogens is 234 g/mol. The molecule has 0 bridgehead atoms. The first-order valence-corrected chi connectivity index (χ1v) is 6.37. The van der Waals surface area contributed by atoms with Crippen LogP contribution >= 0.6 is 0 Å². The molecule has 0 aliphatic heterocycles.